The van der Waals surface area contributed by atoms with Crippen molar-refractivity contribution in [2.45, 2.75) is 24.6 Å². The lowest BCUT2D eigenvalue weighted by Crippen LogP contribution is -2.50. The van der Waals surface area contributed by atoms with E-state index in [1.54, 1.807) is 0 Å². The van der Waals surface area contributed by atoms with E-state index in [0.29, 0.717) is 19.2 Å². The number of likely N-dealkylation sites (N-methyl/N-ethyl adjacent to an activating group) is 1. The molecule has 2 heterocycles. The second-order valence-electron chi connectivity index (χ2n) is 7.36. The number of amides is 1. The van der Waals surface area contributed by atoms with E-state index in [4.69, 9.17) is 0 Å². The third kappa shape index (κ3) is 5.16. The van der Waals surface area contributed by atoms with Gasteiger partial charge >= 0.3 is 12.1 Å². The quantitative estimate of drug-likeness (QED) is 0.545. The molecule has 0 spiro atoms. The van der Waals surface area contributed by atoms with Gasteiger partial charge in [-0.2, -0.15) is 26.3 Å². The van der Waals surface area contributed by atoms with Crippen LogP contribution in [0.4, 0.5) is 32.0 Å². The highest BCUT2D eigenvalue weighted by Crippen LogP contribution is 2.45. The van der Waals surface area contributed by atoms with Gasteiger partial charge in [0, 0.05) is 43.1 Å². The number of nitrogens with one attached hydrogen (secondary N) is 2. The van der Waals surface area contributed by atoms with Gasteiger partial charge in [0.2, 0.25) is 5.95 Å². The molecular formula is C20H20F6N4O. The van der Waals surface area contributed by atoms with Crippen molar-refractivity contribution in [3.05, 3.63) is 59.2 Å². The molecule has 0 aliphatic carbocycles. The number of rotatable bonds is 5. The third-order valence-corrected chi connectivity index (χ3v) is 4.99. The molecule has 3 rings (SSSR count). The highest BCUT2D eigenvalue weighted by Gasteiger charge is 2.59. The van der Waals surface area contributed by atoms with E-state index < -0.39 is 29.5 Å². The molecule has 0 saturated carbocycles. The number of aromatic nitrogens is 1. The molecule has 1 aliphatic rings. The zero-order valence-electron chi connectivity index (χ0n) is 16.4. The summed E-state index contributed by atoms with van der Waals surface area (Å²) in [6, 6.07) is 4.80. The van der Waals surface area contributed by atoms with Crippen LogP contribution in [0.5, 0.6) is 0 Å². The molecule has 31 heavy (non-hydrogen) atoms. The van der Waals surface area contributed by atoms with Gasteiger partial charge in [0.1, 0.15) is 0 Å². The average molecular weight is 446 g/mol. The molecular weight excluding hydrogens is 426 g/mol. The van der Waals surface area contributed by atoms with Gasteiger partial charge in [-0.3, -0.25) is 4.79 Å². The number of pyridine rings is 1. The zero-order valence-corrected chi connectivity index (χ0v) is 16.4. The maximum atomic E-state index is 14.2. The Morgan fingerprint density at radius 2 is 2.00 bits per heavy atom. The molecule has 2 aromatic rings. The smallest absolute Gasteiger partial charge is 0.322 e. The van der Waals surface area contributed by atoms with Crippen molar-refractivity contribution in [3.8, 4) is 0 Å². The lowest BCUT2D eigenvalue weighted by molar-refractivity contribution is -0.289. The minimum Gasteiger partial charge on any atom is -0.322 e. The summed E-state index contributed by atoms with van der Waals surface area (Å²) in [6.07, 6.45) is -4.75. The molecule has 0 bridgehead atoms. The first-order valence-corrected chi connectivity index (χ1v) is 9.41. The Morgan fingerprint density at radius 1 is 1.26 bits per heavy atom. The van der Waals surface area contributed by atoms with Gasteiger partial charge in [0.25, 0.3) is 5.91 Å². The molecule has 1 atom stereocenters. The van der Waals surface area contributed by atoms with Crippen LogP contribution in [0.25, 0.3) is 0 Å². The fourth-order valence-corrected chi connectivity index (χ4v) is 3.45. The summed E-state index contributed by atoms with van der Waals surface area (Å²) in [5.74, 6) is -7.00. The summed E-state index contributed by atoms with van der Waals surface area (Å²) >= 11 is 0. The van der Waals surface area contributed by atoms with Crippen molar-refractivity contribution >= 4 is 11.6 Å². The van der Waals surface area contributed by atoms with E-state index in [2.05, 4.69) is 15.6 Å². The number of benzene rings is 1. The van der Waals surface area contributed by atoms with Gasteiger partial charge in [-0.25, -0.2) is 4.98 Å². The first-order valence-electron chi connectivity index (χ1n) is 9.41. The van der Waals surface area contributed by atoms with E-state index >= 15 is 0 Å². The van der Waals surface area contributed by atoms with Crippen LogP contribution in [-0.4, -0.2) is 54.7 Å². The van der Waals surface area contributed by atoms with Gasteiger partial charge in [-0.15, -0.1) is 0 Å². The molecule has 5 nitrogen and oxygen atoms in total. The predicted molar refractivity (Wildman–Crippen MR) is 102 cm³/mol. The number of hydrogen-bond donors (Lipinski definition) is 2. The van der Waals surface area contributed by atoms with Crippen molar-refractivity contribution in [2.24, 2.45) is 0 Å². The van der Waals surface area contributed by atoms with Crippen LogP contribution < -0.4 is 10.6 Å². The van der Waals surface area contributed by atoms with Crippen molar-refractivity contribution in [1.29, 1.82) is 0 Å². The molecule has 1 amide bonds. The second kappa shape index (κ2) is 8.83. The van der Waals surface area contributed by atoms with Crippen molar-refractivity contribution in [2.75, 3.05) is 32.0 Å². The topological polar surface area (TPSA) is 57.3 Å². The maximum Gasteiger partial charge on any atom is 0.458 e. The van der Waals surface area contributed by atoms with Gasteiger partial charge in [0.05, 0.1) is 5.56 Å². The number of carbonyl (C=O) groups is 1. The van der Waals surface area contributed by atoms with Crippen LogP contribution in [0.1, 0.15) is 21.5 Å². The largest absolute Gasteiger partial charge is 0.458 e. The predicted octanol–water partition coefficient (Wildman–Crippen LogP) is 3.57. The van der Waals surface area contributed by atoms with Crippen LogP contribution in [-0.2, 0) is 12.3 Å². The van der Waals surface area contributed by atoms with Gasteiger partial charge < -0.3 is 15.5 Å². The Labute approximate surface area is 174 Å². The minimum absolute atomic E-state index is 0.0332. The standard InChI is InChI=1S/C20H20F6N4O/c1-30-8-7-27-14(11-30)10-12-9-13(4-5-16(12)19(22,23)20(24,25)26)29-18(31)15-3-2-6-28-17(15)21/h2-6,9,14,27H,7-8,10-11H2,1H3,(H,29,31). The fourth-order valence-electron chi connectivity index (χ4n) is 3.45. The van der Waals surface area contributed by atoms with Crippen LogP contribution in [0.15, 0.2) is 36.5 Å². The summed E-state index contributed by atoms with van der Waals surface area (Å²) in [7, 11) is 1.82. The SMILES string of the molecule is CN1CCNC(Cc2cc(NC(=O)c3cccnc3F)ccc2C(F)(F)C(F)(F)F)C1. The number of nitrogens with zero attached hydrogens (tertiary/aromatic N) is 2. The molecule has 1 saturated heterocycles. The number of halogens is 6. The van der Waals surface area contributed by atoms with Crippen LogP contribution >= 0.6 is 0 Å². The lowest BCUT2D eigenvalue weighted by Gasteiger charge is -2.32. The molecule has 1 unspecified atom stereocenters. The van der Waals surface area contributed by atoms with Crippen LogP contribution in [0.3, 0.4) is 0 Å². The number of carbonyl (C=O) groups excluding carboxylic acids is 1. The Hall–Kier alpha value is -2.66. The van der Waals surface area contributed by atoms with Crippen LogP contribution in [0.2, 0.25) is 0 Å². The molecule has 1 fully saturated rings. The number of hydrogen-bond acceptors (Lipinski definition) is 4. The summed E-state index contributed by atoms with van der Waals surface area (Å²) in [6.45, 7) is 1.73. The summed E-state index contributed by atoms with van der Waals surface area (Å²) in [4.78, 5) is 17.6. The molecule has 1 aromatic heterocycles. The highest BCUT2D eigenvalue weighted by atomic mass is 19.4. The van der Waals surface area contributed by atoms with E-state index in [-0.39, 0.29) is 29.3 Å². The van der Waals surface area contributed by atoms with E-state index in [1.807, 2.05) is 11.9 Å². The number of piperazine rings is 1. The lowest BCUT2D eigenvalue weighted by atomic mass is 9.94. The van der Waals surface area contributed by atoms with Crippen molar-refractivity contribution in [1.82, 2.24) is 15.2 Å². The Morgan fingerprint density at radius 3 is 2.65 bits per heavy atom. The van der Waals surface area contributed by atoms with E-state index in [9.17, 15) is 31.1 Å². The van der Waals surface area contributed by atoms with Gasteiger partial charge in [-0.1, -0.05) is 6.07 Å². The first-order chi connectivity index (χ1) is 14.5. The summed E-state index contributed by atoms with van der Waals surface area (Å²) in [5, 5.41) is 5.42. The van der Waals surface area contributed by atoms with Crippen molar-refractivity contribution < 1.29 is 31.1 Å². The van der Waals surface area contributed by atoms with Gasteiger partial charge in [-0.05, 0) is 43.3 Å². The Kier molecular flexibility index (Phi) is 6.56. The third-order valence-electron chi connectivity index (χ3n) is 4.99. The summed E-state index contributed by atoms with van der Waals surface area (Å²) < 4.78 is 81.1. The Balaban J connectivity index is 1.93. The minimum atomic E-state index is -5.78. The molecule has 2 N–H and O–H groups in total. The second-order valence-corrected chi connectivity index (χ2v) is 7.36. The average Bonchev–Trinajstić information content (AvgIpc) is 2.67. The van der Waals surface area contributed by atoms with E-state index in [1.165, 1.54) is 12.1 Å². The number of alkyl halides is 5. The van der Waals surface area contributed by atoms with Crippen LogP contribution in [0, 0.1) is 5.95 Å². The molecule has 11 heteroatoms. The Bertz CT molecular complexity index is 950. The first kappa shape index (κ1) is 23.0. The maximum absolute atomic E-state index is 14.2. The number of anilines is 1. The molecule has 1 aromatic carbocycles. The molecule has 168 valence electrons. The summed E-state index contributed by atoms with van der Waals surface area (Å²) in [5.41, 5.74) is -1.86. The van der Waals surface area contributed by atoms with Gasteiger partial charge in [0.15, 0.2) is 0 Å². The van der Waals surface area contributed by atoms with E-state index in [0.717, 1.165) is 24.9 Å². The molecule has 1 aliphatic heterocycles. The molecule has 0 radical (unpaired) electrons. The fraction of sp³-hybridized carbons (Fsp3) is 0.400. The monoisotopic (exact) mass is 446 g/mol. The normalized spacial score (nSPS) is 18.1. The highest BCUT2D eigenvalue weighted by molar-refractivity contribution is 6.04. The zero-order chi connectivity index (χ0) is 22.8. The van der Waals surface area contributed by atoms with Crippen molar-refractivity contribution in [3.63, 3.8) is 0 Å².